The number of nitrogens with zero attached hydrogens (tertiary/aromatic N) is 2. The Bertz CT molecular complexity index is 444. The van der Waals surface area contributed by atoms with Crippen LogP contribution in [0.15, 0.2) is 24.5 Å². The Morgan fingerprint density at radius 2 is 1.95 bits per heavy atom. The van der Waals surface area contributed by atoms with Gasteiger partial charge in [-0.15, -0.1) is 0 Å². The number of nitrogens with one attached hydrogen (secondary N) is 1. The lowest BCUT2D eigenvalue weighted by Crippen LogP contribution is -2.50. The van der Waals surface area contributed by atoms with E-state index in [9.17, 15) is 9.59 Å². The first kappa shape index (κ1) is 13.5. The standard InChI is InChI=1S/C13H17N3O3/c1-10(13(18)16-6-8-19-9-7-16)15-12(17)11-2-4-14-5-3-11/h2-5,10H,6-9H2,1H3,(H,15,17)/t10-/m0/s1. The number of hydrogen-bond acceptors (Lipinski definition) is 4. The lowest BCUT2D eigenvalue weighted by atomic mass is 10.2. The lowest BCUT2D eigenvalue weighted by Gasteiger charge is -2.29. The van der Waals surface area contributed by atoms with E-state index in [4.69, 9.17) is 4.74 Å². The number of carbonyl (C=O) groups is 2. The fourth-order valence-corrected chi connectivity index (χ4v) is 1.90. The van der Waals surface area contributed by atoms with Crippen molar-refractivity contribution in [1.82, 2.24) is 15.2 Å². The Morgan fingerprint density at radius 1 is 1.32 bits per heavy atom. The fraction of sp³-hybridized carbons (Fsp3) is 0.462. The molecule has 1 saturated heterocycles. The Balaban J connectivity index is 1.91. The maximum Gasteiger partial charge on any atom is 0.252 e. The molecule has 1 aromatic rings. The van der Waals surface area contributed by atoms with E-state index in [1.165, 1.54) is 0 Å². The van der Waals surface area contributed by atoms with Crippen LogP contribution in [0.25, 0.3) is 0 Å². The van der Waals surface area contributed by atoms with Crippen molar-refractivity contribution < 1.29 is 14.3 Å². The third-order valence-electron chi connectivity index (χ3n) is 2.98. The minimum atomic E-state index is -0.543. The molecule has 0 bridgehead atoms. The molecule has 1 aliphatic heterocycles. The number of carbonyl (C=O) groups excluding carboxylic acids is 2. The summed E-state index contributed by atoms with van der Waals surface area (Å²) in [6, 6.07) is 2.68. The molecule has 1 aromatic heterocycles. The van der Waals surface area contributed by atoms with Crippen LogP contribution in [0.4, 0.5) is 0 Å². The molecular weight excluding hydrogens is 246 g/mol. The van der Waals surface area contributed by atoms with Crippen molar-refractivity contribution >= 4 is 11.8 Å². The lowest BCUT2D eigenvalue weighted by molar-refractivity contribution is -0.136. The van der Waals surface area contributed by atoms with E-state index >= 15 is 0 Å². The van der Waals surface area contributed by atoms with E-state index in [0.717, 1.165) is 0 Å². The molecule has 2 heterocycles. The van der Waals surface area contributed by atoms with Gasteiger partial charge in [0, 0.05) is 31.0 Å². The summed E-state index contributed by atoms with van der Waals surface area (Å²) in [5.41, 5.74) is 0.497. The van der Waals surface area contributed by atoms with Gasteiger partial charge in [-0.05, 0) is 19.1 Å². The highest BCUT2D eigenvalue weighted by atomic mass is 16.5. The molecule has 6 nitrogen and oxygen atoms in total. The normalized spacial score (nSPS) is 16.8. The Kier molecular flexibility index (Phi) is 4.46. The topological polar surface area (TPSA) is 71.5 Å². The largest absolute Gasteiger partial charge is 0.378 e. The van der Waals surface area contributed by atoms with Crippen LogP contribution in [0.5, 0.6) is 0 Å². The summed E-state index contributed by atoms with van der Waals surface area (Å²) in [4.78, 5) is 29.6. The first-order chi connectivity index (χ1) is 9.18. The number of pyridine rings is 1. The van der Waals surface area contributed by atoms with Crippen molar-refractivity contribution in [3.05, 3.63) is 30.1 Å². The third kappa shape index (κ3) is 3.51. The molecule has 6 heteroatoms. The molecule has 1 atom stereocenters. The van der Waals surface area contributed by atoms with Gasteiger partial charge in [0.15, 0.2) is 0 Å². The molecule has 0 radical (unpaired) electrons. The SMILES string of the molecule is C[C@H](NC(=O)c1ccncc1)C(=O)N1CCOCC1. The molecule has 0 spiro atoms. The predicted molar refractivity (Wildman–Crippen MR) is 68.6 cm³/mol. The number of morpholine rings is 1. The Hall–Kier alpha value is -1.95. The number of amides is 2. The summed E-state index contributed by atoms with van der Waals surface area (Å²) in [5, 5.41) is 2.69. The van der Waals surface area contributed by atoms with Crippen LogP contribution in [0.2, 0.25) is 0 Å². The van der Waals surface area contributed by atoms with Gasteiger partial charge in [-0.3, -0.25) is 14.6 Å². The zero-order valence-electron chi connectivity index (χ0n) is 10.8. The van der Waals surface area contributed by atoms with Crippen molar-refractivity contribution in [2.45, 2.75) is 13.0 Å². The third-order valence-corrected chi connectivity index (χ3v) is 2.98. The first-order valence-corrected chi connectivity index (χ1v) is 6.26. The van der Waals surface area contributed by atoms with Crippen LogP contribution < -0.4 is 5.32 Å². The highest BCUT2D eigenvalue weighted by Crippen LogP contribution is 2.02. The molecule has 0 unspecified atom stereocenters. The molecule has 0 aromatic carbocycles. The second-order valence-corrected chi connectivity index (χ2v) is 4.37. The van der Waals surface area contributed by atoms with Gasteiger partial charge in [0.1, 0.15) is 6.04 Å². The quantitative estimate of drug-likeness (QED) is 0.837. The van der Waals surface area contributed by atoms with Gasteiger partial charge in [0.25, 0.3) is 5.91 Å². The summed E-state index contributed by atoms with van der Waals surface area (Å²) in [5.74, 6) is -0.345. The number of rotatable bonds is 3. The second kappa shape index (κ2) is 6.29. The zero-order chi connectivity index (χ0) is 13.7. The van der Waals surface area contributed by atoms with Gasteiger partial charge < -0.3 is 15.0 Å². The molecule has 0 saturated carbocycles. The average molecular weight is 263 g/mol. The average Bonchev–Trinajstić information content (AvgIpc) is 2.48. The van der Waals surface area contributed by atoms with Crippen molar-refractivity contribution in [1.29, 1.82) is 0 Å². The summed E-state index contributed by atoms with van der Waals surface area (Å²) in [6.45, 7) is 3.95. The minimum Gasteiger partial charge on any atom is -0.378 e. The van der Waals surface area contributed by atoms with E-state index in [2.05, 4.69) is 10.3 Å². The minimum absolute atomic E-state index is 0.0780. The molecule has 1 N–H and O–H groups in total. The van der Waals surface area contributed by atoms with E-state index in [1.54, 1.807) is 36.4 Å². The van der Waals surface area contributed by atoms with Crippen LogP contribution in [-0.2, 0) is 9.53 Å². The highest BCUT2D eigenvalue weighted by Gasteiger charge is 2.23. The van der Waals surface area contributed by atoms with Gasteiger partial charge in [-0.1, -0.05) is 0 Å². The molecular formula is C13H17N3O3. The van der Waals surface area contributed by atoms with Crippen LogP contribution in [0.3, 0.4) is 0 Å². The molecule has 1 fully saturated rings. The molecule has 0 aliphatic carbocycles. The molecule has 2 rings (SSSR count). The summed E-state index contributed by atoms with van der Waals surface area (Å²) in [7, 11) is 0. The predicted octanol–water partition coefficient (Wildman–Crippen LogP) is 0.0587. The van der Waals surface area contributed by atoms with Crippen molar-refractivity contribution in [2.75, 3.05) is 26.3 Å². The molecule has 2 amide bonds. The van der Waals surface area contributed by atoms with Gasteiger partial charge in [-0.2, -0.15) is 0 Å². The van der Waals surface area contributed by atoms with Gasteiger partial charge in [0.2, 0.25) is 5.91 Å². The smallest absolute Gasteiger partial charge is 0.252 e. The number of ether oxygens (including phenoxy) is 1. The van der Waals surface area contributed by atoms with Gasteiger partial charge in [0.05, 0.1) is 13.2 Å². The van der Waals surface area contributed by atoms with Gasteiger partial charge in [-0.25, -0.2) is 0 Å². The molecule has 1 aliphatic rings. The van der Waals surface area contributed by atoms with E-state index in [0.29, 0.717) is 31.9 Å². The zero-order valence-corrected chi connectivity index (χ0v) is 10.8. The Labute approximate surface area is 111 Å². The second-order valence-electron chi connectivity index (χ2n) is 4.37. The summed E-state index contributed by atoms with van der Waals surface area (Å²) >= 11 is 0. The van der Waals surface area contributed by atoms with Gasteiger partial charge >= 0.3 is 0 Å². The maximum absolute atomic E-state index is 12.1. The van der Waals surface area contributed by atoms with Crippen LogP contribution in [-0.4, -0.2) is 54.0 Å². The molecule has 19 heavy (non-hydrogen) atoms. The van der Waals surface area contributed by atoms with Crippen LogP contribution >= 0.6 is 0 Å². The van der Waals surface area contributed by atoms with E-state index in [-0.39, 0.29) is 11.8 Å². The Morgan fingerprint density at radius 3 is 2.58 bits per heavy atom. The molecule has 102 valence electrons. The van der Waals surface area contributed by atoms with E-state index < -0.39 is 6.04 Å². The van der Waals surface area contributed by atoms with Crippen molar-refractivity contribution in [3.63, 3.8) is 0 Å². The summed E-state index contributed by atoms with van der Waals surface area (Å²) in [6.07, 6.45) is 3.09. The van der Waals surface area contributed by atoms with Crippen molar-refractivity contribution in [2.24, 2.45) is 0 Å². The van der Waals surface area contributed by atoms with Crippen molar-refractivity contribution in [3.8, 4) is 0 Å². The number of aromatic nitrogens is 1. The summed E-state index contributed by atoms with van der Waals surface area (Å²) < 4.78 is 5.19. The highest BCUT2D eigenvalue weighted by molar-refractivity contribution is 5.97. The fourth-order valence-electron chi connectivity index (χ4n) is 1.90. The monoisotopic (exact) mass is 263 g/mol. The van der Waals surface area contributed by atoms with E-state index in [1.807, 2.05) is 0 Å². The maximum atomic E-state index is 12.1. The van der Waals surface area contributed by atoms with Crippen LogP contribution in [0, 0.1) is 0 Å². The number of hydrogen-bond donors (Lipinski definition) is 1. The first-order valence-electron chi connectivity index (χ1n) is 6.26. The van der Waals surface area contributed by atoms with Crippen LogP contribution in [0.1, 0.15) is 17.3 Å².